The van der Waals surface area contributed by atoms with Gasteiger partial charge in [0.25, 0.3) is 0 Å². The van der Waals surface area contributed by atoms with E-state index in [1.165, 1.54) is 20.1 Å². The zero-order valence-corrected chi connectivity index (χ0v) is 12.1. The maximum atomic E-state index is 11.9. The summed E-state index contributed by atoms with van der Waals surface area (Å²) < 4.78 is 4.65. The molecule has 0 N–H and O–H groups in total. The molecule has 0 aliphatic carbocycles. The average molecular weight is 287 g/mol. The van der Waals surface area contributed by atoms with E-state index in [1.54, 1.807) is 29.2 Å². The molecule has 0 saturated carbocycles. The van der Waals surface area contributed by atoms with Gasteiger partial charge in [-0.25, -0.2) is 4.79 Å². The van der Waals surface area contributed by atoms with Crippen LogP contribution in [0.4, 0.5) is 0 Å². The van der Waals surface area contributed by atoms with Gasteiger partial charge in [-0.15, -0.1) is 0 Å². The predicted octanol–water partition coefficient (Wildman–Crippen LogP) is 2.03. The number of carbonyl (C=O) groups excluding carboxylic acids is 3. The molecule has 0 aromatic heterocycles. The molecule has 5 nitrogen and oxygen atoms in total. The van der Waals surface area contributed by atoms with Gasteiger partial charge in [-0.2, -0.15) is 0 Å². The van der Waals surface area contributed by atoms with E-state index in [9.17, 15) is 14.4 Å². The monoisotopic (exact) mass is 287 g/mol. The lowest BCUT2D eigenvalue weighted by Gasteiger charge is -2.20. The van der Waals surface area contributed by atoms with Crippen molar-refractivity contribution in [2.24, 2.45) is 0 Å². The molecular weight excluding hydrogens is 270 g/mol. The second-order valence-corrected chi connectivity index (χ2v) is 4.84. The van der Waals surface area contributed by atoms with E-state index in [0.29, 0.717) is 29.8 Å². The maximum absolute atomic E-state index is 11.9. The molecule has 1 fully saturated rings. The molecular formula is C16H17NO4. The molecule has 110 valence electrons. The lowest BCUT2D eigenvalue weighted by molar-refractivity contribution is -0.134. The van der Waals surface area contributed by atoms with Crippen LogP contribution in [0.3, 0.4) is 0 Å². The minimum absolute atomic E-state index is 0.0132. The number of ether oxygens (including phenoxy) is 1. The van der Waals surface area contributed by atoms with Crippen molar-refractivity contribution in [1.82, 2.24) is 4.90 Å². The molecule has 1 aromatic carbocycles. The standard InChI is InChI=1S/C16H17NO4/c1-11(18)12-5-7-13(8-6-12)14(10-16(20)21-2)17-9-3-4-15(17)19/h5-8,10H,3-4,9H2,1-2H3/b14-10-. The van der Waals surface area contributed by atoms with Crippen LogP contribution in [0.25, 0.3) is 5.70 Å². The Labute approximate surface area is 123 Å². The summed E-state index contributed by atoms with van der Waals surface area (Å²) >= 11 is 0. The molecule has 1 saturated heterocycles. The van der Waals surface area contributed by atoms with Crippen molar-refractivity contribution in [3.63, 3.8) is 0 Å². The van der Waals surface area contributed by atoms with Gasteiger partial charge in [0.2, 0.25) is 5.91 Å². The Morgan fingerprint density at radius 2 is 1.81 bits per heavy atom. The number of Topliss-reactive ketones (excluding diaryl/α,β-unsaturated/α-hetero) is 1. The van der Waals surface area contributed by atoms with Crippen molar-refractivity contribution < 1.29 is 19.1 Å². The number of nitrogens with zero attached hydrogens (tertiary/aromatic N) is 1. The third-order valence-corrected chi connectivity index (χ3v) is 3.41. The highest BCUT2D eigenvalue weighted by Crippen LogP contribution is 2.25. The fraction of sp³-hybridized carbons (Fsp3) is 0.312. The molecule has 5 heteroatoms. The summed E-state index contributed by atoms with van der Waals surface area (Å²) in [6.07, 6.45) is 2.55. The summed E-state index contributed by atoms with van der Waals surface area (Å²) in [6, 6.07) is 6.83. The number of hydrogen-bond donors (Lipinski definition) is 0. The van der Waals surface area contributed by atoms with Gasteiger partial charge >= 0.3 is 5.97 Å². The summed E-state index contributed by atoms with van der Waals surface area (Å²) in [5.74, 6) is -0.557. The first-order chi connectivity index (χ1) is 10.0. The fourth-order valence-electron chi connectivity index (χ4n) is 2.27. The van der Waals surface area contributed by atoms with Crippen LogP contribution in [0.5, 0.6) is 0 Å². The first kappa shape index (κ1) is 15.0. The van der Waals surface area contributed by atoms with Crippen LogP contribution in [-0.4, -0.2) is 36.2 Å². The lowest BCUT2D eigenvalue weighted by atomic mass is 10.1. The molecule has 1 aromatic rings. The largest absolute Gasteiger partial charge is 0.466 e. The third-order valence-electron chi connectivity index (χ3n) is 3.41. The number of hydrogen-bond acceptors (Lipinski definition) is 4. The first-order valence-corrected chi connectivity index (χ1v) is 6.74. The van der Waals surface area contributed by atoms with Crippen molar-refractivity contribution in [2.45, 2.75) is 19.8 Å². The highest BCUT2D eigenvalue weighted by Gasteiger charge is 2.25. The molecule has 0 atom stereocenters. The topological polar surface area (TPSA) is 63.7 Å². The van der Waals surface area contributed by atoms with E-state index in [2.05, 4.69) is 4.74 Å². The second kappa shape index (κ2) is 6.35. The quantitative estimate of drug-likeness (QED) is 0.483. The second-order valence-electron chi connectivity index (χ2n) is 4.84. The molecule has 0 bridgehead atoms. The number of ketones is 1. The van der Waals surface area contributed by atoms with Gasteiger partial charge in [-0.1, -0.05) is 24.3 Å². The van der Waals surface area contributed by atoms with Crippen molar-refractivity contribution in [3.05, 3.63) is 41.5 Å². The molecule has 1 aliphatic rings. The Morgan fingerprint density at radius 1 is 1.19 bits per heavy atom. The Kier molecular flexibility index (Phi) is 4.52. The smallest absolute Gasteiger partial charge is 0.332 e. The number of rotatable bonds is 4. The van der Waals surface area contributed by atoms with Crippen molar-refractivity contribution in [3.8, 4) is 0 Å². The van der Waals surface area contributed by atoms with E-state index >= 15 is 0 Å². The summed E-state index contributed by atoms with van der Waals surface area (Å²) in [7, 11) is 1.29. The SMILES string of the molecule is COC(=O)/C=C(/c1ccc(C(C)=O)cc1)N1CCCC1=O. The van der Waals surface area contributed by atoms with Crippen LogP contribution >= 0.6 is 0 Å². The molecule has 1 heterocycles. The molecule has 1 aliphatic heterocycles. The summed E-state index contributed by atoms with van der Waals surface area (Å²) in [4.78, 5) is 36.3. The average Bonchev–Trinajstić information content (AvgIpc) is 2.90. The molecule has 0 unspecified atom stereocenters. The van der Waals surface area contributed by atoms with Crippen LogP contribution in [0, 0.1) is 0 Å². The van der Waals surface area contributed by atoms with Crippen LogP contribution in [0.1, 0.15) is 35.7 Å². The minimum atomic E-state index is -0.514. The molecule has 0 radical (unpaired) electrons. The molecule has 2 rings (SSSR count). The van der Waals surface area contributed by atoms with Gasteiger partial charge in [0.05, 0.1) is 12.8 Å². The number of amides is 1. The summed E-state index contributed by atoms with van der Waals surface area (Å²) in [6.45, 7) is 2.07. The van der Waals surface area contributed by atoms with Gasteiger partial charge in [0.1, 0.15) is 0 Å². The Bertz CT molecular complexity index is 601. The van der Waals surface area contributed by atoms with Crippen LogP contribution < -0.4 is 0 Å². The Hall–Kier alpha value is -2.43. The number of benzene rings is 1. The van der Waals surface area contributed by atoms with E-state index in [-0.39, 0.29) is 11.7 Å². The molecule has 21 heavy (non-hydrogen) atoms. The van der Waals surface area contributed by atoms with Crippen molar-refractivity contribution in [2.75, 3.05) is 13.7 Å². The van der Waals surface area contributed by atoms with Crippen LogP contribution in [0.2, 0.25) is 0 Å². The zero-order chi connectivity index (χ0) is 15.4. The Morgan fingerprint density at radius 3 is 2.29 bits per heavy atom. The van der Waals surface area contributed by atoms with E-state index in [0.717, 1.165) is 6.42 Å². The number of carbonyl (C=O) groups is 3. The maximum Gasteiger partial charge on any atom is 0.332 e. The van der Waals surface area contributed by atoms with E-state index in [1.807, 2.05) is 0 Å². The predicted molar refractivity (Wildman–Crippen MR) is 77.4 cm³/mol. The third kappa shape index (κ3) is 3.37. The number of esters is 1. The molecule has 0 spiro atoms. The summed E-state index contributed by atoms with van der Waals surface area (Å²) in [5.41, 5.74) is 1.81. The highest BCUT2D eigenvalue weighted by atomic mass is 16.5. The van der Waals surface area contributed by atoms with Crippen LogP contribution in [0.15, 0.2) is 30.3 Å². The van der Waals surface area contributed by atoms with Crippen molar-refractivity contribution >= 4 is 23.4 Å². The fourth-order valence-corrected chi connectivity index (χ4v) is 2.27. The zero-order valence-electron chi connectivity index (χ0n) is 12.1. The highest BCUT2D eigenvalue weighted by molar-refractivity contribution is 5.98. The van der Waals surface area contributed by atoms with Gasteiger partial charge < -0.3 is 9.64 Å². The minimum Gasteiger partial charge on any atom is -0.466 e. The van der Waals surface area contributed by atoms with Crippen LogP contribution in [-0.2, 0) is 14.3 Å². The van der Waals surface area contributed by atoms with Crippen molar-refractivity contribution in [1.29, 1.82) is 0 Å². The number of likely N-dealkylation sites (tertiary alicyclic amines) is 1. The Balaban J connectivity index is 2.39. The first-order valence-electron chi connectivity index (χ1n) is 6.74. The van der Waals surface area contributed by atoms with E-state index < -0.39 is 5.97 Å². The molecule has 1 amide bonds. The van der Waals surface area contributed by atoms with Gasteiger partial charge in [0.15, 0.2) is 5.78 Å². The summed E-state index contributed by atoms with van der Waals surface area (Å²) in [5, 5.41) is 0. The van der Waals surface area contributed by atoms with Gasteiger partial charge in [-0.05, 0) is 18.9 Å². The number of methoxy groups -OCH3 is 1. The normalized spacial score (nSPS) is 15.2. The van der Waals surface area contributed by atoms with E-state index in [4.69, 9.17) is 0 Å². The van der Waals surface area contributed by atoms with Gasteiger partial charge in [0, 0.05) is 24.6 Å². The lowest BCUT2D eigenvalue weighted by Crippen LogP contribution is -2.24. The van der Waals surface area contributed by atoms with Gasteiger partial charge in [-0.3, -0.25) is 9.59 Å².